The van der Waals surface area contributed by atoms with Crippen LogP contribution in [0.3, 0.4) is 0 Å². The van der Waals surface area contributed by atoms with Gasteiger partial charge in [0.1, 0.15) is 6.26 Å². The molecule has 27 heavy (non-hydrogen) atoms. The number of amides is 1. The standard InChI is InChI=1S/C21H27N3O3/c25-13-15-7-9-24(10-8-15)12-16-3-1-6-18(11-16)22-20(26)19-14-27-21(23-19)17-4-2-5-17/h1,3,6,11,14-15,17,25H,2,4-5,7-10,12-13H2,(H,22,26). The van der Waals surface area contributed by atoms with Crippen molar-refractivity contribution in [2.75, 3.05) is 25.0 Å². The number of carbonyl (C=O) groups is 1. The molecule has 1 saturated heterocycles. The number of benzene rings is 1. The van der Waals surface area contributed by atoms with E-state index >= 15 is 0 Å². The first-order chi connectivity index (χ1) is 13.2. The summed E-state index contributed by atoms with van der Waals surface area (Å²) >= 11 is 0. The van der Waals surface area contributed by atoms with E-state index < -0.39 is 0 Å². The van der Waals surface area contributed by atoms with Crippen LogP contribution >= 0.6 is 0 Å². The Bertz CT molecular complexity index is 776. The number of carbonyl (C=O) groups excluding carboxylic acids is 1. The molecule has 2 heterocycles. The number of hydrogen-bond donors (Lipinski definition) is 2. The summed E-state index contributed by atoms with van der Waals surface area (Å²) in [7, 11) is 0. The van der Waals surface area contributed by atoms with E-state index in [-0.39, 0.29) is 5.91 Å². The highest BCUT2D eigenvalue weighted by atomic mass is 16.3. The van der Waals surface area contributed by atoms with E-state index in [0.29, 0.717) is 30.0 Å². The Balaban J connectivity index is 1.34. The number of nitrogens with zero attached hydrogens (tertiary/aromatic N) is 2. The minimum atomic E-state index is -0.231. The summed E-state index contributed by atoms with van der Waals surface area (Å²) in [5.74, 6) is 1.28. The fourth-order valence-electron chi connectivity index (χ4n) is 3.76. The van der Waals surface area contributed by atoms with E-state index in [2.05, 4.69) is 21.3 Å². The topological polar surface area (TPSA) is 78.6 Å². The number of aromatic nitrogens is 1. The van der Waals surface area contributed by atoms with Gasteiger partial charge in [0.05, 0.1) is 0 Å². The van der Waals surface area contributed by atoms with Crippen molar-refractivity contribution in [3.05, 3.63) is 47.7 Å². The van der Waals surface area contributed by atoms with Gasteiger partial charge in [-0.2, -0.15) is 0 Å². The van der Waals surface area contributed by atoms with Crippen LogP contribution in [-0.4, -0.2) is 40.6 Å². The van der Waals surface area contributed by atoms with Gasteiger partial charge in [-0.3, -0.25) is 9.69 Å². The van der Waals surface area contributed by atoms with Crippen LogP contribution in [0.15, 0.2) is 34.9 Å². The van der Waals surface area contributed by atoms with Gasteiger partial charge in [0.15, 0.2) is 11.6 Å². The van der Waals surface area contributed by atoms with Crippen LogP contribution in [0.2, 0.25) is 0 Å². The molecule has 1 amide bonds. The molecule has 2 aromatic rings. The number of piperidine rings is 1. The van der Waals surface area contributed by atoms with Gasteiger partial charge in [0.25, 0.3) is 5.91 Å². The summed E-state index contributed by atoms with van der Waals surface area (Å²) in [5, 5.41) is 12.2. The fourth-order valence-corrected chi connectivity index (χ4v) is 3.76. The minimum absolute atomic E-state index is 0.231. The summed E-state index contributed by atoms with van der Waals surface area (Å²) in [6.45, 7) is 3.16. The number of oxazole rings is 1. The second-order valence-electron chi connectivity index (χ2n) is 7.76. The number of nitrogens with one attached hydrogen (secondary N) is 1. The molecule has 2 N–H and O–H groups in total. The second kappa shape index (κ2) is 8.23. The number of hydrogen-bond acceptors (Lipinski definition) is 5. The van der Waals surface area contributed by atoms with Gasteiger partial charge in [-0.15, -0.1) is 0 Å². The molecule has 4 rings (SSSR count). The summed E-state index contributed by atoms with van der Waals surface area (Å²) in [4.78, 5) is 19.2. The molecule has 0 bridgehead atoms. The van der Waals surface area contributed by atoms with Crippen molar-refractivity contribution in [1.29, 1.82) is 0 Å². The van der Waals surface area contributed by atoms with Gasteiger partial charge in [-0.05, 0) is 62.4 Å². The van der Waals surface area contributed by atoms with Gasteiger partial charge in [0, 0.05) is 24.8 Å². The third kappa shape index (κ3) is 4.39. The third-order valence-electron chi connectivity index (χ3n) is 5.77. The molecule has 6 heteroatoms. The zero-order chi connectivity index (χ0) is 18.6. The Kier molecular flexibility index (Phi) is 5.55. The highest BCUT2D eigenvalue weighted by Gasteiger charge is 2.25. The molecule has 1 saturated carbocycles. The maximum Gasteiger partial charge on any atom is 0.277 e. The van der Waals surface area contributed by atoms with E-state index in [0.717, 1.165) is 51.0 Å². The Hall–Kier alpha value is -2.18. The summed E-state index contributed by atoms with van der Waals surface area (Å²) in [6, 6.07) is 7.96. The number of rotatable bonds is 6. The highest BCUT2D eigenvalue weighted by molar-refractivity contribution is 6.02. The highest BCUT2D eigenvalue weighted by Crippen LogP contribution is 2.35. The molecule has 0 atom stereocenters. The van der Waals surface area contributed by atoms with Crippen molar-refractivity contribution in [2.45, 2.75) is 44.6 Å². The molecule has 0 unspecified atom stereocenters. The van der Waals surface area contributed by atoms with E-state index in [4.69, 9.17) is 4.42 Å². The van der Waals surface area contributed by atoms with Gasteiger partial charge in [-0.25, -0.2) is 4.98 Å². The second-order valence-corrected chi connectivity index (χ2v) is 7.76. The van der Waals surface area contributed by atoms with Crippen LogP contribution in [-0.2, 0) is 6.54 Å². The van der Waals surface area contributed by atoms with Gasteiger partial charge in [-0.1, -0.05) is 18.6 Å². The molecule has 0 radical (unpaired) electrons. The SMILES string of the molecule is O=C(Nc1cccc(CN2CCC(CO)CC2)c1)c1coc(C2CCC2)n1. The zero-order valence-electron chi connectivity index (χ0n) is 15.6. The summed E-state index contributed by atoms with van der Waals surface area (Å²) in [6.07, 6.45) is 6.94. The largest absolute Gasteiger partial charge is 0.448 e. The first-order valence-electron chi connectivity index (χ1n) is 9.90. The average molecular weight is 369 g/mol. The number of aliphatic hydroxyl groups excluding tert-OH is 1. The van der Waals surface area contributed by atoms with Crippen molar-refractivity contribution >= 4 is 11.6 Å². The Labute approximate surface area is 159 Å². The van der Waals surface area contributed by atoms with E-state index in [1.54, 1.807) is 0 Å². The Morgan fingerprint density at radius 2 is 2.07 bits per heavy atom. The van der Waals surface area contributed by atoms with Crippen molar-refractivity contribution in [3.63, 3.8) is 0 Å². The number of likely N-dealkylation sites (tertiary alicyclic amines) is 1. The lowest BCUT2D eigenvalue weighted by Crippen LogP contribution is -2.34. The molecule has 2 aliphatic rings. The van der Waals surface area contributed by atoms with Crippen LogP contribution in [0.5, 0.6) is 0 Å². The molecule has 0 spiro atoms. The van der Waals surface area contributed by atoms with Crippen molar-refractivity contribution in [1.82, 2.24) is 9.88 Å². The fraction of sp³-hybridized carbons (Fsp3) is 0.524. The van der Waals surface area contributed by atoms with Crippen molar-refractivity contribution in [3.8, 4) is 0 Å². The molecule has 1 aliphatic heterocycles. The normalized spacial score (nSPS) is 19.0. The molecule has 2 fully saturated rings. The number of anilines is 1. The quantitative estimate of drug-likeness (QED) is 0.816. The van der Waals surface area contributed by atoms with Crippen LogP contribution in [0.4, 0.5) is 5.69 Å². The van der Waals surface area contributed by atoms with Gasteiger partial charge >= 0.3 is 0 Å². The van der Waals surface area contributed by atoms with Gasteiger partial charge in [0.2, 0.25) is 0 Å². The zero-order valence-corrected chi connectivity index (χ0v) is 15.6. The van der Waals surface area contributed by atoms with Crippen molar-refractivity contribution in [2.24, 2.45) is 5.92 Å². The maximum absolute atomic E-state index is 12.5. The monoisotopic (exact) mass is 369 g/mol. The van der Waals surface area contributed by atoms with E-state index in [9.17, 15) is 9.90 Å². The molecule has 1 aromatic carbocycles. The molecule has 6 nitrogen and oxygen atoms in total. The Morgan fingerprint density at radius 1 is 1.26 bits per heavy atom. The molecule has 1 aromatic heterocycles. The van der Waals surface area contributed by atoms with E-state index in [1.165, 1.54) is 18.2 Å². The molecular formula is C21H27N3O3. The Morgan fingerprint density at radius 3 is 2.78 bits per heavy atom. The predicted molar refractivity (Wildman–Crippen MR) is 103 cm³/mol. The lowest BCUT2D eigenvalue weighted by Gasteiger charge is -2.31. The van der Waals surface area contributed by atoms with Crippen LogP contribution in [0.25, 0.3) is 0 Å². The first-order valence-corrected chi connectivity index (χ1v) is 9.90. The predicted octanol–water partition coefficient (Wildman–Crippen LogP) is 3.40. The van der Waals surface area contributed by atoms with Crippen LogP contribution < -0.4 is 5.32 Å². The van der Waals surface area contributed by atoms with Crippen LogP contribution in [0.1, 0.15) is 60.0 Å². The number of aliphatic hydroxyl groups is 1. The van der Waals surface area contributed by atoms with E-state index in [1.807, 2.05) is 18.2 Å². The average Bonchev–Trinajstić information content (AvgIpc) is 3.11. The third-order valence-corrected chi connectivity index (χ3v) is 5.77. The minimum Gasteiger partial charge on any atom is -0.448 e. The summed E-state index contributed by atoms with van der Waals surface area (Å²) < 4.78 is 5.47. The molecule has 1 aliphatic carbocycles. The van der Waals surface area contributed by atoms with Crippen LogP contribution in [0, 0.1) is 5.92 Å². The van der Waals surface area contributed by atoms with Crippen molar-refractivity contribution < 1.29 is 14.3 Å². The van der Waals surface area contributed by atoms with Gasteiger partial charge < -0.3 is 14.8 Å². The first kappa shape index (κ1) is 18.2. The summed E-state index contributed by atoms with van der Waals surface area (Å²) in [5.41, 5.74) is 2.29. The smallest absolute Gasteiger partial charge is 0.277 e. The maximum atomic E-state index is 12.5. The lowest BCUT2D eigenvalue weighted by molar-refractivity contribution is 0.102. The molecular weight excluding hydrogens is 342 g/mol. The lowest BCUT2D eigenvalue weighted by atomic mass is 9.85. The molecule has 144 valence electrons.